The van der Waals surface area contributed by atoms with E-state index in [9.17, 15) is 4.79 Å². The zero-order chi connectivity index (χ0) is 15.4. The number of rotatable bonds is 2. The van der Waals surface area contributed by atoms with Gasteiger partial charge in [0.05, 0.1) is 10.7 Å². The number of carbonyl (C=O) groups is 1. The Bertz CT molecular complexity index is 689. The van der Waals surface area contributed by atoms with Gasteiger partial charge in [0, 0.05) is 5.56 Å². The van der Waals surface area contributed by atoms with Crippen molar-refractivity contribution in [2.24, 2.45) is 0 Å². The molecule has 1 amide bonds. The second kappa shape index (κ2) is 7.04. The summed E-state index contributed by atoms with van der Waals surface area (Å²) in [5, 5.41) is 6.17. The third-order valence-corrected chi connectivity index (χ3v) is 3.30. The topological polar surface area (TPSA) is 54.0 Å². The minimum atomic E-state index is -0.453. The zero-order valence-corrected chi connectivity index (χ0v) is 13.4. The Balaban J connectivity index is 2.06. The molecule has 21 heavy (non-hydrogen) atoms. The standard InChI is InChI=1S/C13H8Cl3N3OS/c14-8-3-1-2-4-9(8)17-13(21)19-12(20)7-5-10(15)18-11(16)6-7/h1-6H,(H2,17,19,20,21). The second-order valence-corrected chi connectivity index (χ2v) is 5.48. The first-order chi connectivity index (χ1) is 9.95. The SMILES string of the molecule is O=C(NC(=S)Nc1ccccc1Cl)c1cc(Cl)nc(Cl)c1. The van der Waals surface area contributed by atoms with Crippen LogP contribution in [0.1, 0.15) is 10.4 Å². The molecule has 1 aromatic heterocycles. The molecule has 0 saturated heterocycles. The predicted molar refractivity (Wildman–Crippen MR) is 89.4 cm³/mol. The lowest BCUT2D eigenvalue weighted by Crippen LogP contribution is -2.34. The van der Waals surface area contributed by atoms with Gasteiger partial charge in [0.25, 0.3) is 5.91 Å². The quantitative estimate of drug-likeness (QED) is 0.623. The second-order valence-electron chi connectivity index (χ2n) is 3.89. The monoisotopic (exact) mass is 359 g/mol. The van der Waals surface area contributed by atoms with Crippen molar-refractivity contribution in [3.63, 3.8) is 0 Å². The number of nitrogens with zero attached hydrogens (tertiary/aromatic N) is 1. The van der Waals surface area contributed by atoms with Crippen molar-refractivity contribution in [2.75, 3.05) is 5.32 Å². The molecule has 108 valence electrons. The van der Waals surface area contributed by atoms with Crippen LogP contribution < -0.4 is 10.6 Å². The molecule has 1 aromatic carbocycles. The number of halogens is 3. The minimum Gasteiger partial charge on any atom is -0.331 e. The smallest absolute Gasteiger partial charge is 0.257 e. The van der Waals surface area contributed by atoms with Gasteiger partial charge in [0.15, 0.2) is 5.11 Å². The van der Waals surface area contributed by atoms with E-state index >= 15 is 0 Å². The highest BCUT2D eigenvalue weighted by Gasteiger charge is 2.11. The Kier molecular flexibility index (Phi) is 5.36. The molecule has 0 spiro atoms. The summed E-state index contributed by atoms with van der Waals surface area (Å²) < 4.78 is 0. The maximum Gasteiger partial charge on any atom is 0.257 e. The molecule has 0 atom stereocenters. The Morgan fingerprint density at radius 2 is 1.71 bits per heavy atom. The third kappa shape index (κ3) is 4.54. The van der Waals surface area contributed by atoms with Gasteiger partial charge in [0.1, 0.15) is 10.3 Å². The average Bonchev–Trinajstić information content (AvgIpc) is 2.40. The maximum absolute atomic E-state index is 12.0. The molecule has 0 aliphatic rings. The van der Waals surface area contributed by atoms with Gasteiger partial charge < -0.3 is 5.32 Å². The molecule has 0 saturated carbocycles. The molecule has 1 heterocycles. The molecule has 0 aliphatic carbocycles. The first-order valence-electron chi connectivity index (χ1n) is 5.65. The number of hydrogen-bond donors (Lipinski definition) is 2. The van der Waals surface area contributed by atoms with Gasteiger partial charge in [-0.05, 0) is 36.5 Å². The molecule has 2 rings (SSSR count). The molecule has 2 aromatic rings. The van der Waals surface area contributed by atoms with Crippen LogP contribution in [0.15, 0.2) is 36.4 Å². The van der Waals surface area contributed by atoms with Crippen LogP contribution in [0.3, 0.4) is 0 Å². The molecule has 0 fully saturated rings. The lowest BCUT2D eigenvalue weighted by Gasteiger charge is -2.10. The van der Waals surface area contributed by atoms with Gasteiger partial charge in [0.2, 0.25) is 0 Å². The van der Waals surface area contributed by atoms with Crippen LogP contribution in [0, 0.1) is 0 Å². The Morgan fingerprint density at radius 1 is 1.10 bits per heavy atom. The van der Waals surface area contributed by atoms with Crippen molar-refractivity contribution >= 4 is 63.7 Å². The highest BCUT2D eigenvalue weighted by molar-refractivity contribution is 7.80. The number of hydrogen-bond acceptors (Lipinski definition) is 3. The molecule has 0 bridgehead atoms. The lowest BCUT2D eigenvalue weighted by molar-refractivity contribution is 0.0977. The third-order valence-electron chi connectivity index (χ3n) is 2.37. The molecular formula is C13H8Cl3N3OS. The van der Waals surface area contributed by atoms with E-state index in [2.05, 4.69) is 15.6 Å². The molecule has 4 nitrogen and oxygen atoms in total. The summed E-state index contributed by atoms with van der Waals surface area (Å²) in [6.07, 6.45) is 0. The van der Waals surface area contributed by atoms with Crippen LogP contribution in [0.25, 0.3) is 0 Å². The molecule has 0 aliphatic heterocycles. The van der Waals surface area contributed by atoms with Crippen LogP contribution in [-0.4, -0.2) is 16.0 Å². The molecule has 0 radical (unpaired) electrons. The number of amides is 1. The van der Waals surface area contributed by atoms with Gasteiger partial charge in [-0.2, -0.15) is 0 Å². The van der Waals surface area contributed by atoms with Crippen LogP contribution in [-0.2, 0) is 0 Å². The first kappa shape index (κ1) is 16.0. The van der Waals surface area contributed by atoms with Crippen LogP contribution in [0.4, 0.5) is 5.69 Å². The lowest BCUT2D eigenvalue weighted by atomic mass is 10.2. The van der Waals surface area contributed by atoms with E-state index in [1.807, 2.05) is 0 Å². The molecule has 2 N–H and O–H groups in total. The van der Waals surface area contributed by atoms with Gasteiger partial charge in [-0.25, -0.2) is 4.98 Å². The van der Waals surface area contributed by atoms with E-state index in [-0.39, 0.29) is 21.0 Å². The fourth-order valence-electron chi connectivity index (χ4n) is 1.49. The number of carbonyl (C=O) groups excluding carboxylic acids is 1. The van der Waals surface area contributed by atoms with E-state index < -0.39 is 5.91 Å². The number of benzene rings is 1. The van der Waals surface area contributed by atoms with Crippen molar-refractivity contribution in [1.29, 1.82) is 0 Å². The van der Waals surface area contributed by atoms with Crippen LogP contribution in [0.5, 0.6) is 0 Å². The van der Waals surface area contributed by atoms with Crippen LogP contribution >= 0.6 is 47.0 Å². The summed E-state index contributed by atoms with van der Waals surface area (Å²) in [6.45, 7) is 0. The first-order valence-corrected chi connectivity index (χ1v) is 7.20. The average molecular weight is 361 g/mol. The van der Waals surface area contributed by atoms with Crippen molar-refractivity contribution < 1.29 is 4.79 Å². The van der Waals surface area contributed by atoms with Crippen molar-refractivity contribution in [3.8, 4) is 0 Å². The molecular weight excluding hydrogens is 353 g/mol. The fourth-order valence-corrected chi connectivity index (χ4v) is 2.33. The Morgan fingerprint density at radius 3 is 2.33 bits per heavy atom. The van der Waals surface area contributed by atoms with E-state index in [4.69, 9.17) is 47.0 Å². The zero-order valence-electron chi connectivity index (χ0n) is 10.4. The largest absolute Gasteiger partial charge is 0.331 e. The van der Waals surface area contributed by atoms with Crippen molar-refractivity contribution in [1.82, 2.24) is 10.3 Å². The highest BCUT2D eigenvalue weighted by Crippen LogP contribution is 2.20. The van der Waals surface area contributed by atoms with Gasteiger partial charge in [-0.1, -0.05) is 46.9 Å². The Hall–Kier alpha value is -1.40. The minimum absolute atomic E-state index is 0.108. The Labute approximate surface area is 141 Å². The molecule has 8 heteroatoms. The summed E-state index contributed by atoms with van der Waals surface area (Å²) in [5.74, 6) is -0.453. The van der Waals surface area contributed by atoms with Gasteiger partial charge >= 0.3 is 0 Å². The number of pyridine rings is 1. The normalized spacial score (nSPS) is 10.0. The van der Waals surface area contributed by atoms with E-state index in [1.54, 1.807) is 24.3 Å². The van der Waals surface area contributed by atoms with Crippen molar-refractivity contribution in [3.05, 3.63) is 57.3 Å². The maximum atomic E-state index is 12.0. The summed E-state index contributed by atoms with van der Waals surface area (Å²) in [6, 6.07) is 9.80. The van der Waals surface area contributed by atoms with E-state index in [1.165, 1.54) is 12.1 Å². The predicted octanol–water partition coefficient (Wildman–Crippen LogP) is 4.17. The highest BCUT2D eigenvalue weighted by atomic mass is 35.5. The number of anilines is 1. The number of aromatic nitrogens is 1. The van der Waals surface area contributed by atoms with Gasteiger partial charge in [-0.3, -0.25) is 10.1 Å². The van der Waals surface area contributed by atoms with E-state index in [0.717, 1.165) is 0 Å². The fraction of sp³-hybridized carbons (Fsp3) is 0. The number of nitrogens with one attached hydrogen (secondary N) is 2. The summed E-state index contributed by atoms with van der Waals surface area (Å²) in [4.78, 5) is 15.8. The molecule has 0 unspecified atom stereocenters. The number of thiocarbonyl (C=S) groups is 1. The summed E-state index contributed by atoms with van der Waals surface area (Å²) >= 11 is 22.5. The van der Waals surface area contributed by atoms with Crippen molar-refractivity contribution in [2.45, 2.75) is 0 Å². The van der Waals surface area contributed by atoms with Crippen LogP contribution in [0.2, 0.25) is 15.3 Å². The summed E-state index contributed by atoms with van der Waals surface area (Å²) in [7, 11) is 0. The van der Waals surface area contributed by atoms with E-state index in [0.29, 0.717) is 10.7 Å². The number of para-hydroxylation sites is 1. The van der Waals surface area contributed by atoms with Gasteiger partial charge in [-0.15, -0.1) is 0 Å². The summed E-state index contributed by atoms with van der Waals surface area (Å²) in [5.41, 5.74) is 0.846.